The normalized spacial score (nSPS) is 19.9. The fraction of sp³-hybridized carbons (Fsp3) is 0.833. The molecule has 0 spiro atoms. The summed E-state index contributed by atoms with van der Waals surface area (Å²) in [6, 6.07) is -1.51. The minimum atomic E-state index is -1.13. The zero-order chi connectivity index (χ0) is 13.6. The molecule has 1 aliphatic carbocycles. The Labute approximate surface area is 107 Å². The van der Waals surface area contributed by atoms with Crippen molar-refractivity contribution in [1.29, 1.82) is 0 Å². The number of hydrogen-bond donors (Lipinski definition) is 4. The smallest absolute Gasteiger partial charge is 0.326 e. The first-order chi connectivity index (χ1) is 8.47. The molecule has 1 saturated carbocycles. The zero-order valence-electron chi connectivity index (χ0n) is 10.7. The topological polar surface area (TPSA) is 98.7 Å². The fourth-order valence-electron chi connectivity index (χ4n) is 2.31. The molecule has 0 aromatic heterocycles. The SMILES string of the molecule is CC1(NC(=O)NC(CCO)C(=O)O)CCCCC1. The Bertz CT molecular complexity index is 300. The lowest BCUT2D eigenvalue weighted by atomic mass is 9.83. The van der Waals surface area contributed by atoms with E-state index in [0.717, 1.165) is 25.7 Å². The van der Waals surface area contributed by atoms with Gasteiger partial charge in [-0.1, -0.05) is 19.3 Å². The molecular weight excluding hydrogens is 236 g/mol. The summed E-state index contributed by atoms with van der Waals surface area (Å²) >= 11 is 0. The Kier molecular flexibility index (Phi) is 5.40. The number of urea groups is 1. The first-order valence-corrected chi connectivity index (χ1v) is 6.39. The molecule has 1 aliphatic rings. The van der Waals surface area contributed by atoms with Crippen molar-refractivity contribution in [1.82, 2.24) is 10.6 Å². The summed E-state index contributed by atoms with van der Waals surface area (Å²) in [5.74, 6) is -1.13. The molecule has 1 rings (SSSR count). The molecule has 0 radical (unpaired) electrons. The minimum absolute atomic E-state index is 0.0134. The standard InChI is InChI=1S/C12H22N2O4/c1-12(6-3-2-4-7-12)14-11(18)13-9(5-8-15)10(16)17/h9,15H,2-8H2,1H3,(H,16,17)(H2,13,14,18). The summed E-state index contributed by atoms with van der Waals surface area (Å²) in [7, 11) is 0. The van der Waals surface area contributed by atoms with E-state index in [0.29, 0.717) is 0 Å². The maximum atomic E-state index is 11.7. The summed E-state index contributed by atoms with van der Waals surface area (Å²) in [6.07, 6.45) is 5.18. The van der Waals surface area contributed by atoms with Gasteiger partial charge in [-0.2, -0.15) is 0 Å². The van der Waals surface area contributed by atoms with E-state index in [2.05, 4.69) is 10.6 Å². The van der Waals surface area contributed by atoms with E-state index in [9.17, 15) is 9.59 Å². The van der Waals surface area contributed by atoms with Crippen molar-refractivity contribution in [3.63, 3.8) is 0 Å². The van der Waals surface area contributed by atoms with Gasteiger partial charge in [0.05, 0.1) is 0 Å². The van der Waals surface area contributed by atoms with Gasteiger partial charge in [-0.05, 0) is 19.8 Å². The zero-order valence-corrected chi connectivity index (χ0v) is 10.7. The molecular formula is C12H22N2O4. The molecule has 18 heavy (non-hydrogen) atoms. The van der Waals surface area contributed by atoms with Gasteiger partial charge < -0.3 is 20.8 Å². The molecule has 104 valence electrons. The second kappa shape index (κ2) is 6.58. The van der Waals surface area contributed by atoms with E-state index in [1.807, 2.05) is 6.92 Å². The van der Waals surface area contributed by atoms with E-state index in [1.165, 1.54) is 6.42 Å². The molecule has 0 aromatic rings. The van der Waals surface area contributed by atoms with Crippen molar-refractivity contribution < 1.29 is 19.8 Å². The average molecular weight is 258 g/mol. The molecule has 0 heterocycles. The molecule has 0 saturated heterocycles. The van der Waals surface area contributed by atoms with E-state index in [1.54, 1.807) is 0 Å². The van der Waals surface area contributed by atoms with Crippen molar-refractivity contribution in [3.05, 3.63) is 0 Å². The number of aliphatic hydroxyl groups excluding tert-OH is 1. The maximum Gasteiger partial charge on any atom is 0.326 e. The largest absolute Gasteiger partial charge is 0.480 e. The van der Waals surface area contributed by atoms with Crippen molar-refractivity contribution in [3.8, 4) is 0 Å². The van der Waals surface area contributed by atoms with Crippen LogP contribution < -0.4 is 10.6 Å². The van der Waals surface area contributed by atoms with Gasteiger partial charge in [-0.3, -0.25) is 0 Å². The van der Waals surface area contributed by atoms with Crippen molar-refractivity contribution in [2.75, 3.05) is 6.61 Å². The van der Waals surface area contributed by atoms with E-state index < -0.39 is 18.0 Å². The Morgan fingerprint density at radius 3 is 2.39 bits per heavy atom. The number of aliphatic carboxylic acids is 1. The molecule has 6 nitrogen and oxygen atoms in total. The predicted molar refractivity (Wildman–Crippen MR) is 66.3 cm³/mol. The van der Waals surface area contributed by atoms with Crippen LogP contribution in [0.15, 0.2) is 0 Å². The fourth-order valence-corrected chi connectivity index (χ4v) is 2.31. The first kappa shape index (κ1) is 14.8. The van der Waals surface area contributed by atoms with Crippen molar-refractivity contribution in [2.24, 2.45) is 0 Å². The molecule has 0 aromatic carbocycles. The Morgan fingerprint density at radius 1 is 1.28 bits per heavy atom. The first-order valence-electron chi connectivity index (χ1n) is 6.39. The lowest BCUT2D eigenvalue weighted by molar-refractivity contribution is -0.139. The quantitative estimate of drug-likeness (QED) is 0.587. The maximum absolute atomic E-state index is 11.7. The van der Waals surface area contributed by atoms with Gasteiger partial charge >= 0.3 is 12.0 Å². The number of nitrogens with one attached hydrogen (secondary N) is 2. The van der Waals surface area contributed by atoms with Gasteiger partial charge in [0.1, 0.15) is 6.04 Å². The summed E-state index contributed by atoms with van der Waals surface area (Å²) in [5, 5.41) is 22.8. The lowest BCUT2D eigenvalue weighted by Gasteiger charge is -2.34. The number of aliphatic hydroxyl groups is 1. The van der Waals surface area contributed by atoms with Crippen molar-refractivity contribution in [2.45, 2.75) is 57.0 Å². The van der Waals surface area contributed by atoms with Gasteiger partial charge in [0.15, 0.2) is 0 Å². The average Bonchev–Trinajstić information content (AvgIpc) is 2.28. The van der Waals surface area contributed by atoms with Crippen LogP contribution in [0.3, 0.4) is 0 Å². The Hall–Kier alpha value is -1.30. The highest BCUT2D eigenvalue weighted by atomic mass is 16.4. The molecule has 4 N–H and O–H groups in total. The van der Waals surface area contributed by atoms with Crippen LogP contribution >= 0.6 is 0 Å². The van der Waals surface area contributed by atoms with Crippen molar-refractivity contribution >= 4 is 12.0 Å². The van der Waals surface area contributed by atoms with Crippen LogP contribution in [0, 0.1) is 0 Å². The van der Waals surface area contributed by atoms with Crippen LogP contribution in [0.4, 0.5) is 4.79 Å². The number of hydrogen-bond acceptors (Lipinski definition) is 3. The van der Waals surface area contributed by atoms with Gasteiger partial charge in [0.2, 0.25) is 0 Å². The van der Waals surface area contributed by atoms with Crippen LogP contribution in [-0.2, 0) is 4.79 Å². The highest BCUT2D eigenvalue weighted by Crippen LogP contribution is 2.27. The van der Waals surface area contributed by atoms with Gasteiger partial charge in [-0.25, -0.2) is 9.59 Å². The monoisotopic (exact) mass is 258 g/mol. The number of rotatable bonds is 5. The molecule has 0 bridgehead atoms. The molecule has 2 amide bonds. The van der Waals surface area contributed by atoms with Crippen LogP contribution in [-0.4, -0.2) is 40.4 Å². The second-order valence-corrected chi connectivity index (χ2v) is 5.12. The van der Waals surface area contributed by atoms with E-state index >= 15 is 0 Å². The minimum Gasteiger partial charge on any atom is -0.480 e. The number of carboxylic acid groups (broad SMARTS) is 1. The number of amides is 2. The molecule has 1 fully saturated rings. The van der Waals surface area contributed by atoms with E-state index in [4.69, 9.17) is 10.2 Å². The van der Waals surface area contributed by atoms with Crippen LogP contribution in [0.2, 0.25) is 0 Å². The third kappa shape index (κ3) is 4.52. The summed E-state index contributed by atoms with van der Waals surface area (Å²) in [4.78, 5) is 22.6. The Morgan fingerprint density at radius 2 is 1.89 bits per heavy atom. The molecule has 1 unspecified atom stereocenters. The number of carboxylic acids is 1. The van der Waals surface area contributed by atoms with E-state index in [-0.39, 0.29) is 18.6 Å². The molecule has 0 aliphatic heterocycles. The third-order valence-corrected chi connectivity index (χ3v) is 3.39. The van der Waals surface area contributed by atoms with Gasteiger partial charge in [-0.15, -0.1) is 0 Å². The summed E-state index contributed by atoms with van der Waals surface area (Å²) < 4.78 is 0. The lowest BCUT2D eigenvalue weighted by Crippen LogP contribution is -2.54. The third-order valence-electron chi connectivity index (χ3n) is 3.39. The van der Waals surface area contributed by atoms with Gasteiger partial charge in [0.25, 0.3) is 0 Å². The summed E-state index contributed by atoms with van der Waals surface area (Å²) in [5.41, 5.74) is -0.245. The molecule has 6 heteroatoms. The van der Waals surface area contributed by atoms with Gasteiger partial charge in [0, 0.05) is 18.6 Å². The molecule has 1 atom stereocenters. The summed E-state index contributed by atoms with van der Waals surface area (Å²) in [6.45, 7) is 1.71. The second-order valence-electron chi connectivity index (χ2n) is 5.12. The van der Waals surface area contributed by atoms with Crippen LogP contribution in [0.25, 0.3) is 0 Å². The number of carbonyl (C=O) groups excluding carboxylic acids is 1. The predicted octanol–water partition coefficient (Wildman–Crippen LogP) is 0.844. The highest BCUT2D eigenvalue weighted by Gasteiger charge is 2.29. The van der Waals surface area contributed by atoms with Crippen LogP contribution in [0.5, 0.6) is 0 Å². The Balaban J connectivity index is 2.46. The van der Waals surface area contributed by atoms with Crippen LogP contribution in [0.1, 0.15) is 45.4 Å². The number of carbonyl (C=O) groups is 2. The highest BCUT2D eigenvalue weighted by molar-refractivity contribution is 5.82.